The summed E-state index contributed by atoms with van der Waals surface area (Å²) >= 11 is 3.08. The first-order valence-corrected chi connectivity index (χ1v) is 4.82. The Morgan fingerprint density at radius 1 is 1.50 bits per heavy atom. The number of benzene rings is 1. The third-order valence-electron chi connectivity index (χ3n) is 1.82. The summed E-state index contributed by atoms with van der Waals surface area (Å²) in [4.78, 5) is 4.43. The van der Waals surface area contributed by atoms with E-state index in [0.29, 0.717) is 17.5 Å². The van der Waals surface area contributed by atoms with Crippen molar-refractivity contribution in [1.29, 1.82) is 0 Å². The lowest BCUT2D eigenvalue weighted by molar-refractivity contribution is 0.140. The van der Waals surface area contributed by atoms with Gasteiger partial charge in [-0.15, -0.1) is 0 Å². The molecule has 1 aromatic carbocycles. The molecular formula is C9H11BrFNO2. The topological polar surface area (TPSA) is 44.5 Å². The predicted octanol–water partition coefficient (Wildman–Crippen LogP) is 2.03. The third kappa shape index (κ3) is 2.43. The Bertz CT molecular complexity index is 320. The summed E-state index contributed by atoms with van der Waals surface area (Å²) in [5, 5.41) is 0. The monoisotopic (exact) mass is 263 g/mol. The van der Waals surface area contributed by atoms with Crippen LogP contribution in [-0.4, -0.2) is 13.7 Å². The van der Waals surface area contributed by atoms with Crippen LogP contribution in [0.4, 0.5) is 4.39 Å². The van der Waals surface area contributed by atoms with E-state index in [9.17, 15) is 4.39 Å². The minimum atomic E-state index is -0.401. The van der Waals surface area contributed by atoms with Crippen LogP contribution in [0.1, 0.15) is 5.56 Å². The molecule has 0 aliphatic heterocycles. The van der Waals surface area contributed by atoms with Crippen molar-refractivity contribution in [1.82, 2.24) is 0 Å². The van der Waals surface area contributed by atoms with Crippen molar-refractivity contribution < 1.29 is 14.0 Å². The molecule has 5 heteroatoms. The first-order chi connectivity index (χ1) is 6.70. The molecule has 0 aliphatic carbocycles. The first kappa shape index (κ1) is 11.4. The molecule has 0 amide bonds. The van der Waals surface area contributed by atoms with E-state index in [-0.39, 0.29) is 5.75 Å². The van der Waals surface area contributed by atoms with Crippen LogP contribution in [0.25, 0.3) is 0 Å². The SMILES string of the molecule is COc1c(CCON)ccc(Br)c1F. The molecule has 0 aromatic heterocycles. The molecule has 0 atom stereocenters. The van der Waals surface area contributed by atoms with Crippen LogP contribution >= 0.6 is 15.9 Å². The predicted molar refractivity (Wildman–Crippen MR) is 54.5 cm³/mol. The van der Waals surface area contributed by atoms with Crippen LogP contribution in [0.3, 0.4) is 0 Å². The average molecular weight is 264 g/mol. The fourth-order valence-electron chi connectivity index (χ4n) is 1.16. The molecule has 1 rings (SSSR count). The average Bonchev–Trinajstić information content (AvgIpc) is 2.20. The van der Waals surface area contributed by atoms with Crippen LogP contribution in [0.15, 0.2) is 16.6 Å². The number of halogens is 2. The number of hydrogen-bond acceptors (Lipinski definition) is 3. The number of ether oxygens (including phenoxy) is 1. The van der Waals surface area contributed by atoms with E-state index < -0.39 is 5.82 Å². The fourth-order valence-corrected chi connectivity index (χ4v) is 1.47. The van der Waals surface area contributed by atoms with Crippen molar-refractivity contribution in [2.24, 2.45) is 5.90 Å². The van der Waals surface area contributed by atoms with E-state index in [1.165, 1.54) is 7.11 Å². The van der Waals surface area contributed by atoms with Gasteiger partial charge in [-0.05, 0) is 27.6 Å². The highest BCUT2D eigenvalue weighted by Crippen LogP contribution is 2.29. The number of hydrogen-bond donors (Lipinski definition) is 1. The molecular weight excluding hydrogens is 253 g/mol. The van der Waals surface area contributed by atoms with Crippen molar-refractivity contribution in [3.63, 3.8) is 0 Å². The Hall–Kier alpha value is -0.650. The molecule has 0 aliphatic rings. The van der Waals surface area contributed by atoms with Gasteiger partial charge in [-0.3, -0.25) is 0 Å². The Morgan fingerprint density at radius 2 is 2.21 bits per heavy atom. The second kappa shape index (κ2) is 5.29. The zero-order valence-electron chi connectivity index (χ0n) is 7.72. The number of nitrogens with two attached hydrogens (primary N) is 1. The van der Waals surface area contributed by atoms with E-state index >= 15 is 0 Å². The van der Waals surface area contributed by atoms with Gasteiger partial charge in [-0.25, -0.2) is 10.3 Å². The van der Waals surface area contributed by atoms with E-state index in [2.05, 4.69) is 20.8 Å². The zero-order valence-corrected chi connectivity index (χ0v) is 9.30. The summed E-state index contributed by atoms with van der Waals surface area (Å²) in [5.41, 5.74) is 0.735. The lowest BCUT2D eigenvalue weighted by atomic mass is 10.1. The number of rotatable bonds is 4. The van der Waals surface area contributed by atoms with Gasteiger partial charge in [0.05, 0.1) is 18.2 Å². The summed E-state index contributed by atoms with van der Waals surface area (Å²) < 4.78 is 18.8. The van der Waals surface area contributed by atoms with Crippen molar-refractivity contribution in [2.75, 3.05) is 13.7 Å². The maximum absolute atomic E-state index is 13.4. The summed E-state index contributed by atoms with van der Waals surface area (Å²) in [7, 11) is 1.43. The summed E-state index contributed by atoms with van der Waals surface area (Å²) in [5.74, 6) is 4.72. The second-order valence-electron chi connectivity index (χ2n) is 2.67. The van der Waals surface area contributed by atoms with Crippen LogP contribution in [-0.2, 0) is 11.3 Å². The third-order valence-corrected chi connectivity index (χ3v) is 2.44. The molecule has 1 aromatic rings. The van der Waals surface area contributed by atoms with Gasteiger partial charge in [0.15, 0.2) is 11.6 Å². The van der Waals surface area contributed by atoms with Crippen LogP contribution < -0.4 is 10.6 Å². The molecule has 0 radical (unpaired) electrons. The van der Waals surface area contributed by atoms with Crippen LogP contribution in [0, 0.1) is 5.82 Å². The first-order valence-electron chi connectivity index (χ1n) is 4.03. The molecule has 3 nitrogen and oxygen atoms in total. The fraction of sp³-hybridized carbons (Fsp3) is 0.333. The van der Waals surface area contributed by atoms with Crippen molar-refractivity contribution in [3.05, 3.63) is 28.0 Å². The van der Waals surface area contributed by atoms with Gasteiger partial charge >= 0.3 is 0 Å². The van der Waals surface area contributed by atoms with E-state index in [1.807, 2.05) is 0 Å². The maximum atomic E-state index is 13.4. The standard InChI is InChI=1S/C9H11BrFNO2/c1-13-9-6(4-5-14-12)2-3-7(10)8(9)11/h2-3H,4-5,12H2,1H3. The normalized spacial score (nSPS) is 10.3. The molecule has 14 heavy (non-hydrogen) atoms. The highest BCUT2D eigenvalue weighted by Gasteiger charge is 2.12. The van der Waals surface area contributed by atoms with Gasteiger partial charge in [0.25, 0.3) is 0 Å². The van der Waals surface area contributed by atoms with E-state index in [1.54, 1.807) is 12.1 Å². The molecule has 0 fully saturated rings. The Labute approximate surface area is 90.1 Å². The summed E-state index contributed by atoms with van der Waals surface area (Å²) in [6.45, 7) is 0.331. The van der Waals surface area contributed by atoms with E-state index in [4.69, 9.17) is 10.6 Å². The van der Waals surface area contributed by atoms with E-state index in [0.717, 1.165) is 5.56 Å². The highest BCUT2D eigenvalue weighted by molar-refractivity contribution is 9.10. The zero-order chi connectivity index (χ0) is 10.6. The lowest BCUT2D eigenvalue weighted by Gasteiger charge is -2.09. The minimum absolute atomic E-state index is 0.233. The van der Waals surface area contributed by atoms with Gasteiger partial charge in [0.1, 0.15) is 0 Å². The largest absolute Gasteiger partial charge is 0.493 e. The molecule has 0 unspecified atom stereocenters. The van der Waals surface area contributed by atoms with Crippen molar-refractivity contribution >= 4 is 15.9 Å². The van der Waals surface area contributed by atoms with Gasteiger partial charge in [0, 0.05) is 6.42 Å². The summed E-state index contributed by atoms with van der Waals surface area (Å²) in [6, 6.07) is 3.40. The van der Waals surface area contributed by atoms with Gasteiger partial charge in [-0.2, -0.15) is 0 Å². The molecule has 78 valence electrons. The molecule has 0 bridgehead atoms. The summed E-state index contributed by atoms with van der Waals surface area (Å²) in [6.07, 6.45) is 0.518. The minimum Gasteiger partial charge on any atom is -0.493 e. The maximum Gasteiger partial charge on any atom is 0.179 e. The van der Waals surface area contributed by atoms with Crippen LogP contribution in [0.2, 0.25) is 0 Å². The Morgan fingerprint density at radius 3 is 2.79 bits per heavy atom. The molecule has 0 spiro atoms. The second-order valence-corrected chi connectivity index (χ2v) is 3.53. The molecule has 0 saturated carbocycles. The highest BCUT2D eigenvalue weighted by atomic mass is 79.9. The molecule has 0 heterocycles. The van der Waals surface area contributed by atoms with Gasteiger partial charge in [-0.1, -0.05) is 6.07 Å². The molecule has 2 N–H and O–H groups in total. The number of methoxy groups -OCH3 is 1. The van der Waals surface area contributed by atoms with Crippen molar-refractivity contribution in [3.8, 4) is 5.75 Å². The van der Waals surface area contributed by atoms with Crippen LogP contribution in [0.5, 0.6) is 5.75 Å². The quantitative estimate of drug-likeness (QED) is 0.846. The Balaban J connectivity index is 2.98. The van der Waals surface area contributed by atoms with Gasteiger partial charge < -0.3 is 9.57 Å². The Kier molecular flexibility index (Phi) is 4.31. The van der Waals surface area contributed by atoms with Crippen molar-refractivity contribution in [2.45, 2.75) is 6.42 Å². The van der Waals surface area contributed by atoms with Gasteiger partial charge in [0.2, 0.25) is 0 Å². The molecule has 0 saturated heterocycles. The smallest absolute Gasteiger partial charge is 0.179 e. The lowest BCUT2D eigenvalue weighted by Crippen LogP contribution is -2.05.